The first-order valence-electron chi connectivity index (χ1n) is 5.59. The maximum Gasteiger partial charge on any atom is 0.235 e. The Kier molecular flexibility index (Phi) is 2.54. The number of anilines is 1. The van der Waals surface area contributed by atoms with E-state index in [2.05, 4.69) is 5.32 Å². The number of carbonyl (C=O) groups excluding carboxylic acids is 2. The molecule has 0 saturated heterocycles. The topological polar surface area (TPSA) is 46.2 Å². The molecule has 16 heavy (non-hydrogen) atoms. The second-order valence-electron chi connectivity index (χ2n) is 4.17. The van der Waals surface area contributed by atoms with Gasteiger partial charge in [0.2, 0.25) is 5.91 Å². The molecule has 1 aromatic rings. The van der Waals surface area contributed by atoms with Crippen molar-refractivity contribution in [3.8, 4) is 0 Å². The number of amides is 1. The molecule has 2 rings (SSSR count). The van der Waals surface area contributed by atoms with Gasteiger partial charge in [-0.05, 0) is 36.6 Å². The maximum absolute atomic E-state index is 12.0. The predicted molar refractivity (Wildman–Crippen MR) is 62.7 cm³/mol. The van der Waals surface area contributed by atoms with Crippen molar-refractivity contribution in [1.29, 1.82) is 0 Å². The lowest BCUT2D eigenvalue weighted by atomic mass is 9.76. The van der Waals surface area contributed by atoms with Crippen LogP contribution in [0.5, 0.6) is 0 Å². The first kappa shape index (κ1) is 10.9. The molecule has 0 fully saturated rings. The molecular weight excluding hydrogens is 202 g/mol. The van der Waals surface area contributed by atoms with Crippen LogP contribution in [0.25, 0.3) is 0 Å². The second-order valence-corrected chi connectivity index (χ2v) is 4.17. The van der Waals surface area contributed by atoms with Crippen molar-refractivity contribution in [2.24, 2.45) is 0 Å². The highest BCUT2D eigenvalue weighted by molar-refractivity contribution is 6.06. The van der Waals surface area contributed by atoms with Gasteiger partial charge in [0.25, 0.3) is 0 Å². The number of carbonyl (C=O) groups is 2. The standard InChI is InChI=1S/C13H15NO2/c1-3-13(4-2)10-7-9(8-15)5-6-11(10)14-12(13)16/h5-8H,3-4H2,1-2H3,(H,14,16). The zero-order valence-electron chi connectivity index (χ0n) is 9.54. The summed E-state index contributed by atoms with van der Waals surface area (Å²) in [5.74, 6) is 0.0514. The number of hydrogen-bond acceptors (Lipinski definition) is 2. The van der Waals surface area contributed by atoms with E-state index in [0.29, 0.717) is 5.56 Å². The van der Waals surface area contributed by atoms with Crippen molar-refractivity contribution in [2.45, 2.75) is 32.1 Å². The molecule has 0 aliphatic carbocycles. The molecule has 1 amide bonds. The van der Waals surface area contributed by atoms with Crippen LogP contribution in [0.15, 0.2) is 18.2 Å². The largest absolute Gasteiger partial charge is 0.325 e. The molecule has 0 unspecified atom stereocenters. The quantitative estimate of drug-likeness (QED) is 0.791. The molecule has 0 spiro atoms. The summed E-state index contributed by atoms with van der Waals surface area (Å²) in [5.41, 5.74) is 1.99. The maximum atomic E-state index is 12.0. The van der Waals surface area contributed by atoms with Gasteiger partial charge in [0.05, 0.1) is 5.41 Å². The first-order chi connectivity index (χ1) is 7.67. The smallest absolute Gasteiger partial charge is 0.235 e. The Morgan fingerprint density at radius 1 is 1.31 bits per heavy atom. The summed E-state index contributed by atoms with van der Waals surface area (Å²) in [6.07, 6.45) is 2.33. The van der Waals surface area contributed by atoms with Crippen molar-refractivity contribution in [3.05, 3.63) is 29.3 Å². The van der Waals surface area contributed by atoms with Crippen molar-refractivity contribution in [3.63, 3.8) is 0 Å². The Morgan fingerprint density at radius 2 is 2.00 bits per heavy atom. The molecule has 1 heterocycles. The van der Waals surface area contributed by atoms with E-state index in [1.54, 1.807) is 6.07 Å². The van der Waals surface area contributed by atoms with Gasteiger partial charge in [-0.25, -0.2) is 0 Å². The van der Waals surface area contributed by atoms with Crippen LogP contribution in [-0.4, -0.2) is 12.2 Å². The molecule has 1 aliphatic rings. The van der Waals surface area contributed by atoms with Crippen LogP contribution >= 0.6 is 0 Å². The molecule has 1 aliphatic heterocycles. The van der Waals surface area contributed by atoms with Crippen molar-refractivity contribution >= 4 is 17.9 Å². The van der Waals surface area contributed by atoms with Gasteiger partial charge in [0, 0.05) is 11.3 Å². The molecule has 0 atom stereocenters. The molecule has 0 radical (unpaired) electrons. The highest BCUT2D eigenvalue weighted by Gasteiger charge is 2.43. The molecule has 1 N–H and O–H groups in total. The Bertz CT molecular complexity index is 447. The van der Waals surface area contributed by atoms with Crippen LogP contribution in [0, 0.1) is 0 Å². The van der Waals surface area contributed by atoms with E-state index in [1.807, 2.05) is 26.0 Å². The van der Waals surface area contributed by atoms with E-state index in [1.165, 1.54) is 0 Å². The fraction of sp³-hybridized carbons (Fsp3) is 0.385. The van der Waals surface area contributed by atoms with Gasteiger partial charge < -0.3 is 5.32 Å². The van der Waals surface area contributed by atoms with Crippen molar-refractivity contribution in [2.75, 3.05) is 5.32 Å². The van der Waals surface area contributed by atoms with Gasteiger partial charge >= 0.3 is 0 Å². The van der Waals surface area contributed by atoms with E-state index in [9.17, 15) is 9.59 Å². The van der Waals surface area contributed by atoms with Gasteiger partial charge in [0.15, 0.2) is 0 Å². The Labute approximate surface area is 94.9 Å². The third-order valence-electron chi connectivity index (χ3n) is 3.59. The number of nitrogens with one attached hydrogen (secondary N) is 1. The molecule has 3 nitrogen and oxygen atoms in total. The molecule has 3 heteroatoms. The lowest BCUT2D eigenvalue weighted by Crippen LogP contribution is -2.32. The minimum atomic E-state index is -0.450. The van der Waals surface area contributed by atoms with Crippen LogP contribution < -0.4 is 5.32 Å². The van der Waals surface area contributed by atoms with Crippen molar-refractivity contribution < 1.29 is 9.59 Å². The zero-order chi connectivity index (χ0) is 11.8. The van der Waals surface area contributed by atoms with Gasteiger partial charge in [-0.15, -0.1) is 0 Å². The third-order valence-corrected chi connectivity index (χ3v) is 3.59. The van der Waals surface area contributed by atoms with Crippen LogP contribution in [0.1, 0.15) is 42.6 Å². The summed E-state index contributed by atoms with van der Waals surface area (Å²) < 4.78 is 0. The van der Waals surface area contributed by atoms with Gasteiger partial charge in [-0.3, -0.25) is 9.59 Å². The SMILES string of the molecule is CCC1(CC)C(=O)Nc2ccc(C=O)cc21. The van der Waals surface area contributed by atoms with Crippen LogP contribution in [-0.2, 0) is 10.2 Å². The van der Waals surface area contributed by atoms with Crippen LogP contribution in [0.3, 0.4) is 0 Å². The van der Waals surface area contributed by atoms with Gasteiger partial charge in [-0.1, -0.05) is 13.8 Å². The fourth-order valence-electron chi connectivity index (χ4n) is 2.46. The fourth-order valence-corrected chi connectivity index (χ4v) is 2.46. The first-order valence-corrected chi connectivity index (χ1v) is 5.59. The average molecular weight is 217 g/mol. The highest BCUT2D eigenvalue weighted by Crippen LogP contribution is 2.42. The summed E-state index contributed by atoms with van der Waals surface area (Å²) in [4.78, 5) is 22.8. The predicted octanol–water partition coefficient (Wildman–Crippen LogP) is 2.51. The minimum Gasteiger partial charge on any atom is -0.325 e. The number of rotatable bonds is 3. The summed E-state index contributed by atoms with van der Waals surface area (Å²) in [7, 11) is 0. The molecular formula is C13H15NO2. The molecule has 0 aromatic heterocycles. The zero-order valence-corrected chi connectivity index (χ0v) is 9.54. The number of fused-ring (bicyclic) bond motifs is 1. The van der Waals surface area contributed by atoms with Gasteiger partial charge in [-0.2, -0.15) is 0 Å². The van der Waals surface area contributed by atoms with Crippen LogP contribution in [0.2, 0.25) is 0 Å². The minimum absolute atomic E-state index is 0.0514. The van der Waals surface area contributed by atoms with Crippen LogP contribution in [0.4, 0.5) is 5.69 Å². The average Bonchev–Trinajstić information content (AvgIpc) is 2.60. The molecule has 84 valence electrons. The summed E-state index contributed by atoms with van der Waals surface area (Å²) >= 11 is 0. The highest BCUT2D eigenvalue weighted by atomic mass is 16.2. The number of hydrogen-bond donors (Lipinski definition) is 1. The van der Waals surface area contributed by atoms with Gasteiger partial charge in [0.1, 0.15) is 6.29 Å². The van der Waals surface area contributed by atoms with E-state index in [4.69, 9.17) is 0 Å². The Morgan fingerprint density at radius 3 is 2.56 bits per heavy atom. The van der Waals surface area contributed by atoms with E-state index < -0.39 is 5.41 Å². The van der Waals surface area contributed by atoms with E-state index in [-0.39, 0.29) is 5.91 Å². The van der Waals surface area contributed by atoms with Crippen molar-refractivity contribution in [1.82, 2.24) is 0 Å². The van der Waals surface area contributed by atoms with E-state index in [0.717, 1.165) is 30.4 Å². The Hall–Kier alpha value is -1.64. The molecule has 0 bridgehead atoms. The summed E-state index contributed by atoms with van der Waals surface area (Å²) in [6, 6.07) is 5.37. The Balaban J connectivity index is 2.61. The lowest BCUT2D eigenvalue weighted by molar-refractivity contribution is -0.121. The lowest BCUT2D eigenvalue weighted by Gasteiger charge is -2.24. The summed E-state index contributed by atoms with van der Waals surface area (Å²) in [6.45, 7) is 4.01. The summed E-state index contributed by atoms with van der Waals surface area (Å²) in [5, 5.41) is 2.89. The second kappa shape index (κ2) is 3.74. The number of benzene rings is 1. The molecule has 1 aromatic carbocycles. The molecule has 0 saturated carbocycles. The monoisotopic (exact) mass is 217 g/mol. The number of aldehydes is 1. The van der Waals surface area contributed by atoms with E-state index >= 15 is 0 Å². The normalized spacial score (nSPS) is 16.8. The third kappa shape index (κ3) is 1.28.